The largest absolute Gasteiger partial charge is 0.480 e. The Labute approximate surface area is 129 Å². The second-order valence-electron chi connectivity index (χ2n) is 5.73. The van der Waals surface area contributed by atoms with Gasteiger partial charge < -0.3 is 15.0 Å². The number of aromatic nitrogens is 1. The van der Waals surface area contributed by atoms with Gasteiger partial charge in [0.25, 0.3) is 0 Å². The van der Waals surface area contributed by atoms with Crippen LogP contribution < -0.4 is 5.32 Å². The van der Waals surface area contributed by atoms with E-state index in [1.54, 1.807) is 0 Å². The number of aliphatic carboxylic acids is 1. The van der Waals surface area contributed by atoms with Gasteiger partial charge in [0.05, 0.1) is 6.42 Å². The molecule has 0 radical (unpaired) electrons. The van der Waals surface area contributed by atoms with Gasteiger partial charge in [0.2, 0.25) is 5.91 Å². The van der Waals surface area contributed by atoms with Crippen LogP contribution in [0.15, 0.2) is 30.5 Å². The molecule has 0 saturated carbocycles. The Hall–Kier alpha value is -2.30. The van der Waals surface area contributed by atoms with Crippen molar-refractivity contribution < 1.29 is 14.7 Å². The Morgan fingerprint density at radius 2 is 2.00 bits per heavy atom. The summed E-state index contributed by atoms with van der Waals surface area (Å²) in [5, 5.41) is 12.9. The number of carbonyl (C=O) groups is 2. The van der Waals surface area contributed by atoms with Crippen molar-refractivity contribution in [1.82, 2.24) is 9.88 Å². The van der Waals surface area contributed by atoms with Crippen LogP contribution in [-0.2, 0) is 23.1 Å². The number of fused-ring (bicyclic) bond motifs is 1. The number of aryl methyl sites for hydroxylation is 1. The van der Waals surface area contributed by atoms with Crippen LogP contribution in [0.3, 0.4) is 0 Å². The molecule has 5 nitrogen and oxygen atoms in total. The molecule has 118 valence electrons. The van der Waals surface area contributed by atoms with E-state index in [4.69, 9.17) is 0 Å². The third-order valence-corrected chi connectivity index (χ3v) is 4.13. The number of carbonyl (C=O) groups excluding carboxylic acids is 1. The number of nitrogens with one attached hydrogen (secondary N) is 1. The standard InChI is InChI=1S/C17H22N2O3/c1-4-11(2)16(17(21)22)18-15(20)9-12-10-19(3)14-8-6-5-7-13(12)14/h5-8,10-11,16H,4,9H2,1-3H3,(H,18,20)(H,21,22)/t11-,16-/m0/s1. The van der Waals surface area contributed by atoms with Crippen molar-refractivity contribution in [2.24, 2.45) is 13.0 Å². The highest BCUT2D eigenvalue weighted by atomic mass is 16.4. The molecular weight excluding hydrogens is 280 g/mol. The quantitative estimate of drug-likeness (QED) is 0.860. The highest BCUT2D eigenvalue weighted by molar-refractivity contribution is 5.91. The van der Waals surface area contributed by atoms with Crippen molar-refractivity contribution in [3.05, 3.63) is 36.0 Å². The summed E-state index contributed by atoms with van der Waals surface area (Å²) in [6.45, 7) is 3.74. The summed E-state index contributed by atoms with van der Waals surface area (Å²) in [6, 6.07) is 7.02. The first-order chi connectivity index (χ1) is 10.4. The number of amides is 1. The van der Waals surface area contributed by atoms with Gasteiger partial charge in [-0.1, -0.05) is 38.5 Å². The summed E-state index contributed by atoms with van der Waals surface area (Å²) >= 11 is 0. The van der Waals surface area contributed by atoms with Crippen molar-refractivity contribution in [3.63, 3.8) is 0 Å². The predicted octanol–water partition coefficient (Wildman–Crippen LogP) is 2.34. The number of nitrogens with zero attached hydrogens (tertiary/aromatic N) is 1. The van der Waals surface area contributed by atoms with E-state index in [2.05, 4.69) is 5.32 Å². The van der Waals surface area contributed by atoms with Crippen molar-refractivity contribution >= 4 is 22.8 Å². The molecule has 0 spiro atoms. The van der Waals surface area contributed by atoms with Gasteiger partial charge in [-0.2, -0.15) is 0 Å². The lowest BCUT2D eigenvalue weighted by atomic mass is 9.99. The van der Waals surface area contributed by atoms with Crippen molar-refractivity contribution in [2.45, 2.75) is 32.7 Å². The van der Waals surface area contributed by atoms with Crippen LogP contribution in [0.4, 0.5) is 0 Å². The van der Waals surface area contributed by atoms with Crippen molar-refractivity contribution in [1.29, 1.82) is 0 Å². The monoisotopic (exact) mass is 302 g/mol. The van der Waals surface area contributed by atoms with E-state index in [0.717, 1.165) is 16.5 Å². The fourth-order valence-corrected chi connectivity index (χ4v) is 2.65. The molecule has 1 aromatic heterocycles. The van der Waals surface area contributed by atoms with Gasteiger partial charge in [0.15, 0.2) is 0 Å². The minimum Gasteiger partial charge on any atom is -0.480 e. The fourth-order valence-electron chi connectivity index (χ4n) is 2.65. The first kappa shape index (κ1) is 16.1. The summed E-state index contributed by atoms with van der Waals surface area (Å²) in [5.74, 6) is -1.35. The number of hydrogen-bond acceptors (Lipinski definition) is 2. The molecule has 0 bridgehead atoms. The van der Waals surface area contributed by atoms with Crippen molar-refractivity contribution in [2.75, 3.05) is 0 Å². The number of para-hydroxylation sites is 1. The molecule has 0 aliphatic carbocycles. The molecule has 2 atom stereocenters. The molecule has 0 unspecified atom stereocenters. The van der Waals surface area contributed by atoms with Gasteiger partial charge >= 0.3 is 5.97 Å². The maximum absolute atomic E-state index is 12.2. The average molecular weight is 302 g/mol. The number of benzene rings is 1. The van der Waals surface area contributed by atoms with Crippen LogP contribution in [0.25, 0.3) is 10.9 Å². The van der Waals surface area contributed by atoms with Gasteiger partial charge in [0.1, 0.15) is 6.04 Å². The number of hydrogen-bond donors (Lipinski definition) is 2. The molecule has 2 aromatic rings. The van der Waals surface area contributed by atoms with E-state index in [9.17, 15) is 14.7 Å². The molecule has 0 fully saturated rings. The lowest BCUT2D eigenvalue weighted by Crippen LogP contribution is -2.45. The van der Waals surface area contributed by atoms with Gasteiger partial charge in [-0.05, 0) is 17.5 Å². The maximum Gasteiger partial charge on any atom is 0.326 e. The highest BCUT2D eigenvalue weighted by Crippen LogP contribution is 2.20. The molecule has 1 amide bonds. The second kappa shape index (κ2) is 6.64. The summed E-state index contributed by atoms with van der Waals surface area (Å²) in [6.07, 6.45) is 2.80. The molecule has 0 aliphatic heterocycles. The van der Waals surface area contributed by atoms with Gasteiger partial charge in [-0.3, -0.25) is 4.79 Å². The first-order valence-electron chi connectivity index (χ1n) is 7.49. The Bertz CT molecular complexity index is 690. The fraction of sp³-hybridized carbons (Fsp3) is 0.412. The van der Waals surface area contributed by atoms with Crippen LogP contribution in [0, 0.1) is 5.92 Å². The summed E-state index contributed by atoms with van der Waals surface area (Å²) in [4.78, 5) is 23.5. The van der Waals surface area contributed by atoms with Gasteiger partial charge in [-0.15, -0.1) is 0 Å². The summed E-state index contributed by atoms with van der Waals surface area (Å²) in [7, 11) is 1.93. The topological polar surface area (TPSA) is 71.3 Å². The van der Waals surface area contributed by atoms with E-state index in [-0.39, 0.29) is 18.2 Å². The zero-order valence-corrected chi connectivity index (χ0v) is 13.2. The number of carboxylic acids is 1. The van der Waals surface area contributed by atoms with Crippen LogP contribution in [0.1, 0.15) is 25.8 Å². The zero-order valence-electron chi connectivity index (χ0n) is 13.2. The maximum atomic E-state index is 12.2. The van der Waals surface area contributed by atoms with E-state index in [1.807, 2.05) is 55.9 Å². The summed E-state index contributed by atoms with van der Waals surface area (Å²) in [5.41, 5.74) is 1.96. The van der Waals surface area contributed by atoms with E-state index in [0.29, 0.717) is 6.42 Å². The van der Waals surface area contributed by atoms with E-state index >= 15 is 0 Å². The van der Waals surface area contributed by atoms with Crippen LogP contribution in [0.2, 0.25) is 0 Å². The predicted molar refractivity (Wildman–Crippen MR) is 85.6 cm³/mol. The SMILES string of the molecule is CC[C@H](C)[C@H](NC(=O)Cc1cn(C)c2ccccc12)C(=O)O. The number of rotatable bonds is 6. The highest BCUT2D eigenvalue weighted by Gasteiger charge is 2.25. The molecule has 0 saturated heterocycles. The number of carboxylic acid groups (broad SMARTS) is 1. The van der Waals surface area contributed by atoms with E-state index < -0.39 is 12.0 Å². The minimum atomic E-state index is -0.986. The van der Waals surface area contributed by atoms with Gasteiger partial charge in [0, 0.05) is 24.1 Å². The molecular formula is C17H22N2O3. The average Bonchev–Trinajstić information content (AvgIpc) is 2.80. The Kier molecular flexibility index (Phi) is 4.85. The normalized spacial score (nSPS) is 13.8. The van der Waals surface area contributed by atoms with Crippen molar-refractivity contribution in [3.8, 4) is 0 Å². The second-order valence-corrected chi connectivity index (χ2v) is 5.73. The lowest BCUT2D eigenvalue weighted by molar-refractivity contribution is -0.143. The molecule has 1 heterocycles. The molecule has 5 heteroatoms. The van der Waals surface area contributed by atoms with Crippen LogP contribution in [0.5, 0.6) is 0 Å². The molecule has 1 aromatic carbocycles. The smallest absolute Gasteiger partial charge is 0.326 e. The molecule has 2 rings (SSSR count). The minimum absolute atomic E-state index is 0.103. The zero-order chi connectivity index (χ0) is 16.3. The molecule has 0 aliphatic rings. The first-order valence-corrected chi connectivity index (χ1v) is 7.49. The summed E-state index contributed by atoms with van der Waals surface area (Å²) < 4.78 is 1.97. The van der Waals surface area contributed by atoms with Crippen LogP contribution >= 0.6 is 0 Å². The Morgan fingerprint density at radius 1 is 1.32 bits per heavy atom. The van der Waals surface area contributed by atoms with E-state index in [1.165, 1.54) is 0 Å². The molecule has 22 heavy (non-hydrogen) atoms. The Balaban J connectivity index is 2.15. The van der Waals surface area contributed by atoms with Crippen LogP contribution in [-0.4, -0.2) is 27.6 Å². The third kappa shape index (κ3) is 3.30. The lowest BCUT2D eigenvalue weighted by Gasteiger charge is -2.20. The third-order valence-electron chi connectivity index (χ3n) is 4.13. The molecule has 2 N–H and O–H groups in total. The van der Waals surface area contributed by atoms with Gasteiger partial charge in [-0.25, -0.2) is 4.79 Å². The Morgan fingerprint density at radius 3 is 2.64 bits per heavy atom.